The standard InChI is InChI=1S/C30H35N5O5/c1-30(2,3)31-29(37)27(22-13-10-16-25(39-5)28(22)40-6)34(18-20-11-9-12-21(17-20)38-4)26(36)19-35-24-15-8-7-14-23(24)32-33-35/h7-17,27H,18-19H2,1-6H3,(H,31,37)/t27-/m0/s1. The van der Waals surface area contributed by atoms with Crippen molar-refractivity contribution >= 4 is 22.8 Å². The van der Waals surface area contributed by atoms with E-state index in [1.807, 2.05) is 69.3 Å². The van der Waals surface area contributed by atoms with Crippen LogP contribution in [0.15, 0.2) is 66.7 Å². The number of para-hydroxylation sites is 2. The van der Waals surface area contributed by atoms with Crippen LogP contribution in [-0.2, 0) is 22.7 Å². The van der Waals surface area contributed by atoms with Gasteiger partial charge in [-0.15, -0.1) is 5.10 Å². The van der Waals surface area contributed by atoms with Crippen LogP contribution in [0.25, 0.3) is 11.0 Å². The van der Waals surface area contributed by atoms with Crippen LogP contribution in [0.5, 0.6) is 17.2 Å². The third kappa shape index (κ3) is 6.33. The summed E-state index contributed by atoms with van der Waals surface area (Å²) in [6.07, 6.45) is 0. The number of benzene rings is 3. The highest BCUT2D eigenvalue weighted by Gasteiger charge is 2.36. The molecule has 1 atom stereocenters. The SMILES string of the molecule is COc1cccc(CN(C(=O)Cn2nnc3ccccc32)[C@H](C(=O)NC(C)(C)C)c2cccc(OC)c2OC)c1. The first-order valence-electron chi connectivity index (χ1n) is 12.9. The molecule has 3 aromatic carbocycles. The molecular formula is C30H35N5O5. The molecule has 0 aliphatic carbocycles. The highest BCUT2D eigenvalue weighted by Crippen LogP contribution is 2.38. The molecule has 0 aliphatic rings. The number of hydrogen-bond donors (Lipinski definition) is 1. The van der Waals surface area contributed by atoms with E-state index >= 15 is 0 Å². The molecule has 4 aromatic rings. The lowest BCUT2D eigenvalue weighted by atomic mass is 9.99. The lowest BCUT2D eigenvalue weighted by Gasteiger charge is -2.34. The average Bonchev–Trinajstić information content (AvgIpc) is 3.34. The van der Waals surface area contributed by atoms with Gasteiger partial charge in [0.05, 0.1) is 26.8 Å². The number of nitrogens with zero attached hydrogens (tertiary/aromatic N) is 4. The lowest BCUT2D eigenvalue weighted by molar-refractivity contribution is -0.142. The number of carbonyl (C=O) groups is 2. The number of nitrogens with one attached hydrogen (secondary N) is 1. The van der Waals surface area contributed by atoms with Crippen molar-refractivity contribution < 1.29 is 23.8 Å². The van der Waals surface area contributed by atoms with Crippen molar-refractivity contribution in [3.05, 3.63) is 77.9 Å². The number of hydrogen-bond acceptors (Lipinski definition) is 7. The summed E-state index contributed by atoms with van der Waals surface area (Å²) in [5.41, 5.74) is 2.10. The second kappa shape index (κ2) is 12.1. The van der Waals surface area contributed by atoms with Crippen molar-refractivity contribution in [3.8, 4) is 17.2 Å². The maximum absolute atomic E-state index is 14.2. The van der Waals surface area contributed by atoms with Crippen LogP contribution in [0.1, 0.15) is 37.9 Å². The summed E-state index contributed by atoms with van der Waals surface area (Å²) in [5, 5.41) is 11.4. The van der Waals surface area contributed by atoms with Gasteiger partial charge in [-0.25, -0.2) is 4.68 Å². The Labute approximate surface area is 233 Å². The van der Waals surface area contributed by atoms with E-state index in [-0.39, 0.29) is 24.9 Å². The van der Waals surface area contributed by atoms with Gasteiger partial charge >= 0.3 is 0 Å². The van der Waals surface area contributed by atoms with Crippen LogP contribution < -0.4 is 19.5 Å². The number of rotatable bonds is 10. The van der Waals surface area contributed by atoms with Crippen molar-refractivity contribution in [1.29, 1.82) is 0 Å². The first kappa shape index (κ1) is 28.4. The topological polar surface area (TPSA) is 108 Å². The molecule has 0 unspecified atom stereocenters. The van der Waals surface area contributed by atoms with Gasteiger partial charge in [0.2, 0.25) is 11.8 Å². The van der Waals surface area contributed by atoms with Gasteiger partial charge in [-0.05, 0) is 56.7 Å². The van der Waals surface area contributed by atoms with Gasteiger partial charge in [0.25, 0.3) is 0 Å². The summed E-state index contributed by atoms with van der Waals surface area (Å²) in [7, 11) is 4.62. The number of amides is 2. The van der Waals surface area contributed by atoms with Crippen molar-refractivity contribution in [2.45, 2.75) is 45.4 Å². The molecule has 10 heteroatoms. The zero-order valence-electron chi connectivity index (χ0n) is 23.7. The maximum atomic E-state index is 14.2. The quantitative estimate of drug-likeness (QED) is 0.319. The van der Waals surface area contributed by atoms with E-state index in [1.54, 1.807) is 25.3 Å². The van der Waals surface area contributed by atoms with E-state index in [9.17, 15) is 9.59 Å². The minimum atomic E-state index is -1.06. The largest absolute Gasteiger partial charge is 0.497 e. The van der Waals surface area contributed by atoms with E-state index < -0.39 is 11.6 Å². The van der Waals surface area contributed by atoms with Crippen molar-refractivity contribution in [3.63, 3.8) is 0 Å². The van der Waals surface area contributed by atoms with Gasteiger partial charge in [-0.1, -0.05) is 41.6 Å². The van der Waals surface area contributed by atoms with E-state index in [0.717, 1.165) is 5.56 Å². The minimum absolute atomic E-state index is 0.116. The Morgan fingerprint density at radius 3 is 2.40 bits per heavy atom. The molecule has 2 amide bonds. The van der Waals surface area contributed by atoms with Crippen LogP contribution in [-0.4, -0.2) is 58.6 Å². The molecule has 0 fully saturated rings. The molecule has 1 N–H and O–H groups in total. The molecule has 0 radical (unpaired) electrons. The summed E-state index contributed by atoms with van der Waals surface area (Å²) >= 11 is 0. The molecule has 1 heterocycles. The van der Waals surface area contributed by atoms with E-state index in [0.29, 0.717) is 33.8 Å². The lowest BCUT2D eigenvalue weighted by Crippen LogP contribution is -2.49. The van der Waals surface area contributed by atoms with Gasteiger partial charge in [0, 0.05) is 17.6 Å². The van der Waals surface area contributed by atoms with Crippen LogP contribution in [0.4, 0.5) is 0 Å². The second-order valence-corrected chi connectivity index (χ2v) is 10.3. The van der Waals surface area contributed by atoms with Gasteiger partial charge in [0.15, 0.2) is 11.5 Å². The molecular weight excluding hydrogens is 510 g/mol. The summed E-state index contributed by atoms with van der Waals surface area (Å²) in [5.74, 6) is 0.760. The maximum Gasteiger partial charge on any atom is 0.248 e. The Bertz CT molecular complexity index is 1490. The predicted molar refractivity (Wildman–Crippen MR) is 151 cm³/mol. The zero-order chi connectivity index (χ0) is 28.9. The van der Waals surface area contributed by atoms with Crippen LogP contribution in [0, 0.1) is 0 Å². The van der Waals surface area contributed by atoms with Gasteiger partial charge in [0.1, 0.15) is 23.9 Å². The fraction of sp³-hybridized carbons (Fsp3) is 0.333. The first-order valence-corrected chi connectivity index (χ1v) is 12.9. The molecule has 210 valence electrons. The monoisotopic (exact) mass is 545 g/mol. The molecule has 4 rings (SSSR count). The summed E-state index contributed by atoms with van der Waals surface area (Å²) in [6.45, 7) is 5.66. The molecule has 0 spiro atoms. The fourth-order valence-corrected chi connectivity index (χ4v) is 4.56. The minimum Gasteiger partial charge on any atom is -0.497 e. The zero-order valence-corrected chi connectivity index (χ0v) is 23.7. The Hall–Kier alpha value is -4.60. The molecule has 0 aliphatic heterocycles. The molecule has 0 saturated heterocycles. The Morgan fingerprint density at radius 2 is 1.70 bits per heavy atom. The van der Waals surface area contributed by atoms with Crippen molar-refractivity contribution in [2.24, 2.45) is 0 Å². The summed E-state index contributed by atoms with van der Waals surface area (Å²) in [4.78, 5) is 29.8. The number of methoxy groups -OCH3 is 3. The van der Waals surface area contributed by atoms with Crippen molar-refractivity contribution in [2.75, 3.05) is 21.3 Å². The normalized spacial score (nSPS) is 12.1. The van der Waals surface area contributed by atoms with Crippen LogP contribution >= 0.6 is 0 Å². The molecule has 10 nitrogen and oxygen atoms in total. The number of fused-ring (bicyclic) bond motifs is 1. The average molecular weight is 546 g/mol. The van der Waals surface area contributed by atoms with Crippen LogP contribution in [0.3, 0.4) is 0 Å². The van der Waals surface area contributed by atoms with E-state index in [2.05, 4.69) is 15.6 Å². The molecule has 0 bridgehead atoms. The molecule has 40 heavy (non-hydrogen) atoms. The number of aromatic nitrogens is 3. The van der Waals surface area contributed by atoms with Gasteiger partial charge < -0.3 is 24.4 Å². The summed E-state index contributed by atoms with van der Waals surface area (Å²) < 4.78 is 18.2. The fourth-order valence-electron chi connectivity index (χ4n) is 4.56. The predicted octanol–water partition coefficient (Wildman–Crippen LogP) is 4.14. The number of carbonyl (C=O) groups excluding carboxylic acids is 2. The van der Waals surface area contributed by atoms with Crippen LogP contribution in [0.2, 0.25) is 0 Å². The Morgan fingerprint density at radius 1 is 0.950 bits per heavy atom. The number of ether oxygens (including phenoxy) is 3. The smallest absolute Gasteiger partial charge is 0.248 e. The highest BCUT2D eigenvalue weighted by atomic mass is 16.5. The first-order chi connectivity index (χ1) is 19.1. The summed E-state index contributed by atoms with van der Waals surface area (Å²) in [6, 6.07) is 19.0. The third-order valence-corrected chi connectivity index (χ3v) is 6.30. The Kier molecular flexibility index (Phi) is 8.57. The highest BCUT2D eigenvalue weighted by molar-refractivity contribution is 5.90. The van der Waals surface area contributed by atoms with Gasteiger partial charge in [-0.3, -0.25) is 9.59 Å². The molecule has 0 saturated carbocycles. The molecule has 1 aromatic heterocycles. The second-order valence-electron chi connectivity index (χ2n) is 10.3. The van der Waals surface area contributed by atoms with Gasteiger partial charge in [-0.2, -0.15) is 0 Å². The third-order valence-electron chi connectivity index (χ3n) is 6.30. The van der Waals surface area contributed by atoms with E-state index in [1.165, 1.54) is 23.8 Å². The van der Waals surface area contributed by atoms with Crippen molar-refractivity contribution in [1.82, 2.24) is 25.2 Å². The Balaban J connectivity index is 1.86. The van der Waals surface area contributed by atoms with E-state index in [4.69, 9.17) is 14.2 Å².